The molecule has 7 nitrogen and oxygen atoms in total. The second-order valence-corrected chi connectivity index (χ2v) is 11.3. The highest BCUT2D eigenvalue weighted by Crippen LogP contribution is 2.45. The number of hydrogen-bond acceptors (Lipinski definition) is 4. The van der Waals surface area contributed by atoms with E-state index in [-0.39, 0.29) is 23.7 Å². The van der Waals surface area contributed by atoms with Gasteiger partial charge in [0.25, 0.3) is 5.91 Å². The molecule has 1 aliphatic rings. The van der Waals surface area contributed by atoms with Gasteiger partial charge in [0.1, 0.15) is 12.4 Å². The van der Waals surface area contributed by atoms with Crippen molar-refractivity contribution < 1.29 is 33.0 Å². The second kappa shape index (κ2) is 11.0. The lowest BCUT2D eigenvalue weighted by Gasteiger charge is -2.42. The number of rotatable bonds is 7. The predicted octanol–water partition coefficient (Wildman–Crippen LogP) is 6.92. The summed E-state index contributed by atoms with van der Waals surface area (Å²) in [5.74, 6) is -4.32. The molecule has 218 valence electrons. The van der Waals surface area contributed by atoms with Crippen LogP contribution in [0.1, 0.15) is 54.9 Å². The minimum absolute atomic E-state index is 0.0753. The highest BCUT2D eigenvalue weighted by atomic mass is 19.2. The number of methoxy groups -OCH3 is 1. The summed E-state index contributed by atoms with van der Waals surface area (Å²) in [6.07, 6.45) is 1.30. The monoisotopic (exact) mass is 574 g/mol. The van der Waals surface area contributed by atoms with E-state index in [1.807, 2.05) is 52.0 Å². The largest absolute Gasteiger partial charge is 0.497 e. The van der Waals surface area contributed by atoms with E-state index in [0.29, 0.717) is 17.0 Å². The lowest BCUT2D eigenvalue weighted by Crippen LogP contribution is -2.50. The first-order valence-corrected chi connectivity index (χ1v) is 13.6. The van der Waals surface area contributed by atoms with Gasteiger partial charge in [0.05, 0.1) is 18.4 Å². The number of carbonyl (C=O) groups is 2. The molecule has 1 unspecified atom stereocenters. The van der Waals surface area contributed by atoms with Gasteiger partial charge in [0, 0.05) is 34.1 Å². The van der Waals surface area contributed by atoms with E-state index in [4.69, 9.17) is 9.47 Å². The van der Waals surface area contributed by atoms with Crippen LogP contribution in [0.15, 0.2) is 66.9 Å². The van der Waals surface area contributed by atoms with Gasteiger partial charge in [0.2, 0.25) is 5.82 Å². The first kappa shape index (κ1) is 28.9. The Kier molecular flexibility index (Phi) is 7.53. The SMILES string of the molecule is COc1ccc(COc2cc(C(=O)N3C=C(C(=O)O)c4[nH]c5ccccc5c4C(C)(C)C3C(C)C)cc(F)c2F)cc1. The minimum atomic E-state index is -1.25. The fraction of sp³-hybridized carbons (Fsp3) is 0.273. The first-order valence-electron chi connectivity index (χ1n) is 13.6. The van der Waals surface area contributed by atoms with Gasteiger partial charge in [0.15, 0.2) is 11.6 Å². The fourth-order valence-electron chi connectivity index (χ4n) is 6.12. The lowest BCUT2D eigenvalue weighted by atomic mass is 9.71. The zero-order valence-electron chi connectivity index (χ0n) is 24.0. The van der Waals surface area contributed by atoms with Crippen LogP contribution in [0.2, 0.25) is 0 Å². The molecule has 5 rings (SSSR count). The van der Waals surface area contributed by atoms with E-state index < -0.39 is 40.7 Å². The number of carboxylic acids is 1. The number of halogens is 2. The Morgan fingerprint density at radius 1 is 1.07 bits per heavy atom. The fourth-order valence-corrected chi connectivity index (χ4v) is 6.12. The normalized spacial score (nSPS) is 16.1. The Morgan fingerprint density at radius 3 is 2.40 bits per heavy atom. The van der Waals surface area contributed by atoms with E-state index in [0.717, 1.165) is 28.6 Å². The Hall–Kier alpha value is -4.66. The standard InChI is InChI=1S/C33H32F2N2O5/c1-18(2)30-33(3,4)27-22-8-6-7-9-25(22)36-29(27)23(32(39)40)16-37(30)31(38)20-14-24(34)28(35)26(15-20)42-17-19-10-12-21(41-5)13-11-19/h6-16,18,30,36H,17H2,1-5H3,(H,39,40). The van der Waals surface area contributed by atoms with Gasteiger partial charge in [-0.3, -0.25) is 4.79 Å². The van der Waals surface area contributed by atoms with Crippen LogP contribution in [-0.2, 0) is 16.8 Å². The van der Waals surface area contributed by atoms with Crippen LogP contribution in [0, 0.1) is 17.6 Å². The van der Waals surface area contributed by atoms with Crippen LogP contribution < -0.4 is 9.47 Å². The van der Waals surface area contributed by atoms with E-state index in [1.165, 1.54) is 18.2 Å². The van der Waals surface area contributed by atoms with Crippen molar-refractivity contribution in [3.8, 4) is 11.5 Å². The van der Waals surface area contributed by atoms with Gasteiger partial charge in [-0.25, -0.2) is 9.18 Å². The average molecular weight is 575 g/mol. The van der Waals surface area contributed by atoms with E-state index in [9.17, 15) is 23.5 Å². The Balaban J connectivity index is 1.59. The van der Waals surface area contributed by atoms with Crippen LogP contribution in [0.25, 0.3) is 16.5 Å². The topological polar surface area (TPSA) is 91.9 Å². The molecule has 0 aliphatic carbocycles. The van der Waals surface area contributed by atoms with E-state index in [1.54, 1.807) is 24.3 Å². The lowest BCUT2D eigenvalue weighted by molar-refractivity contribution is -0.130. The van der Waals surface area contributed by atoms with Gasteiger partial charge < -0.3 is 24.5 Å². The molecule has 1 amide bonds. The number of para-hydroxylation sites is 1. The second-order valence-electron chi connectivity index (χ2n) is 11.3. The summed E-state index contributed by atoms with van der Waals surface area (Å²) in [6, 6.07) is 15.9. The zero-order chi connectivity index (χ0) is 30.3. The smallest absolute Gasteiger partial charge is 0.339 e. The molecule has 0 saturated carbocycles. The molecule has 3 aromatic carbocycles. The number of aromatic amines is 1. The maximum atomic E-state index is 14.9. The average Bonchev–Trinajstić information content (AvgIpc) is 3.30. The third kappa shape index (κ3) is 5.00. The number of hydrogen-bond donors (Lipinski definition) is 2. The summed E-state index contributed by atoms with van der Waals surface area (Å²) in [6.45, 7) is 7.73. The number of carboxylic acid groups (broad SMARTS) is 1. The number of ether oxygens (including phenoxy) is 2. The molecule has 2 N–H and O–H groups in total. The molecule has 1 aromatic heterocycles. The van der Waals surface area contributed by atoms with Crippen LogP contribution in [0.4, 0.5) is 8.78 Å². The van der Waals surface area contributed by atoms with Gasteiger partial charge in [-0.05, 0) is 47.4 Å². The van der Waals surface area contributed by atoms with Crippen molar-refractivity contribution in [2.75, 3.05) is 7.11 Å². The van der Waals surface area contributed by atoms with Crippen molar-refractivity contribution in [2.45, 2.75) is 45.8 Å². The minimum Gasteiger partial charge on any atom is -0.497 e. The van der Waals surface area contributed by atoms with Crippen molar-refractivity contribution in [1.82, 2.24) is 9.88 Å². The third-order valence-electron chi connectivity index (χ3n) is 7.82. The molecular formula is C33H32F2N2O5. The number of nitrogens with zero attached hydrogens (tertiary/aromatic N) is 1. The zero-order valence-corrected chi connectivity index (χ0v) is 24.0. The highest BCUT2D eigenvalue weighted by molar-refractivity contribution is 6.17. The van der Waals surface area contributed by atoms with Gasteiger partial charge in [-0.15, -0.1) is 0 Å². The maximum absolute atomic E-state index is 14.9. The molecule has 9 heteroatoms. The van der Waals surface area contributed by atoms with Crippen LogP contribution in [-0.4, -0.2) is 40.0 Å². The highest BCUT2D eigenvalue weighted by Gasteiger charge is 2.46. The Labute approximate surface area is 242 Å². The molecule has 4 aromatic rings. The number of amides is 1. The molecule has 0 saturated heterocycles. The number of H-pyrrole nitrogens is 1. The third-order valence-corrected chi connectivity index (χ3v) is 7.82. The van der Waals surface area contributed by atoms with Crippen molar-refractivity contribution in [3.63, 3.8) is 0 Å². The maximum Gasteiger partial charge on any atom is 0.339 e. The number of aliphatic carboxylic acids is 1. The summed E-state index contributed by atoms with van der Waals surface area (Å²) in [5.41, 5.74) is 1.62. The number of carbonyl (C=O) groups excluding carboxylic acids is 1. The molecule has 42 heavy (non-hydrogen) atoms. The molecule has 1 aliphatic heterocycles. The summed E-state index contributed by atoms with van der Waals surface area (Å²) in [7, 11) is 1.54. The predicted molar refractivity (Wildman–Crippen MR) is 155 cm³/mol. The van der Waals surface area contributed by atoms with Crippen LogP contribution in [0.3, 0.4) is 0 Å². The first-order chi connectivity index (χ1) is 19.9. The van der Waals surface area contributed by atoms with Gasteiger partial charge >= 0.3 is 5.97 Å². The Morgan fingerprint density at radius 2 is 1.76 bits per heavy atom. The number of fused-ring (bicyclic) bond motifs is 3. The van der Waals surface area contributed by atoms with Crippen molar-refractivity contribution >= 4 is 28.4 Å². The van der Waals surface area contributed by atoms with Crippen molar-refractivity contribution in [2.24, 2.45) is 5.92 Å². The molecular weight excluding hydrogens is 542 g/mol. The number of nitrogens with one attached hydrogen (secondary N) is 1. The summed E-state index contributed by atoms with van der Waals surface area (Å²) in [4.78, 5) is 31.3. The number of aromatic nitrogens is 1. The van der Waals surface area contributed by atoms with E-state index in [2.05, 4.69) is 4.98 Å². The molecule has 0 radical (unpaired) electrons. The molecule has 0 spiro atoms. The molecule has 1 atom stereocenters. The van der Waals surface area contributed by atoms with Gasteiger partial charge in [-0.2, -0.15) is 4.39 Å². The number of benzene rings is 3. The summed E-state index contributed by atoms with van der Waals surface area (Å²) >= 11 is 0. The summed E-state index contributed by atoms with van der Waals surface area (Å²) in [5, 5.41) is 11.1. The van der Waals surface area contributed by atoms with E-state index >= 15 is 0 Å². The quantitative estimate of drug-likeness (QED) is 0.250. The van der Waals surface area contributed by atoms with Crippen molar-refractivity contribution in [1.29, 1.82) is 0 Å². The summed E-state index contributed by atoms with van der Waals surface area (Å²) < 4.78 is 40.4. The van der Waals surface area contributed by atoms with Crippen LogP contribution >= 0.6 is 0 Å². The van der Waals surface area contributed by atoms with Crippen LogP contribution in [0.5, 0.6) is 11.5 Å². The molecule has 0 fully saturated rings. The van der Waals surface area contributed by atoms with Gasteiger partial charge in [-0.1, -0.05) is 58.0 Å². The van der Waals surface area contributed by atoms with Crippen molar-refractivity contribution in [3.05, 3.63) is 101 Å². The molecule has 2 heterocycles. The molecule has 0 bridgehead atoms. The Bertz CT molecular complexity index is 1710.